The van der Waals surface area contributed by atoms with Gasteiger partial charge in [0.1, 0.15) is 19.8 Å². The number of carbonyl (C=O) groups excluding carboxylic acids is 2. The van der Waals surface area contributed by atoms with Crippen molar-refractivity contribution < 1.29 is 42.1 Å². The first-order valence-corrected chi connectivity index (χ1v) is 31.9. The second-order valence-electron chi connectivity index (χ2n) is 22.1. The van der Waals surface area contributed by atoms with E-state index in [1.807, 2.05) is 21.1 Å². The third-order valence-electron chi connectivity index (χ3n) is 13.8. The molecule has 70 heavy (non-hydrogen) atoms. The molecule has 0 aliphatic carbocycles. The fourth-order valence-corrected chi connectivity index (χ4v) is 9.81. The summed E-state index contributed by atoms with van der Waals surface area (Å²) in [5.41, 5.74) is 0. The minimum Gasteiger partial charge on any atom is -0.462 e. The highest BCUT2D eigenvalue weighted by molar-refractivity contribution is 7.47. The van der Waals surface area contributed by atoms with E-state index in [1.54, 1.807) is 0 Å². The predicted octanol–water partition coefficient (Wildman–Crippen LogP) is 18.8. The molecule has 0 aromatic heterocycles. The van der Waals surface area contributed by atoms with E-state index in [-0.39, 0.29) is 25.6 Å². The number of carbonyl (C=O) groups is 2. The minimum absolute atomic E-state index is 0.0336. The highest BCUT2D eigenvalue weighted by Crippen LogP contribution is 2.43. The Kier molecular flexibility index (Phi) is 51.7. The number of rotatable bonds is 57. The van der Waals surface area contributed by atoms with Crippen LogP contribution in [0.15, 0.2) is 12.2 Å². The molecule has 0 aromatic carbocycles. The van der Waals surface area contributed by atoms with Crippen LogP contribution in [0.5, 0.6) is 0 Å². The molecule has 0 rings (SSSR count). The van der Waals surface area contributed by atoms with Gasteiger partial charge in [-0.3, -0.25) is 18.6 Å². The highest BCUT2D eigenvalue weighted by atomic mass is 31.2. The number of nitrogens with zero attached hydrogens (tertiary/aromatic N) is 1. The van der Waals surface area contributed by atoms with Gasteiger partial charge in [-0.05, 0) is 38.5 Å². The monoisotopic (exact) mass is 1010 g/mol. The smallest absolute Gasteiger partial charge is 0.462 e. The van der Waals surface area contributed by atoms with Crippen molar-refractivity contribution in [2.75, 3.05) is 47.5 Å². The van der Waals surface area contributed by atoms with Gasteiger partial charge in [0.05, 0.1) is 27.7 Å². The van der Waals surface area contributed by atoms with E-state index in [1.165, 1.54) is 225 Å². The molecule has 10 heteroatoms. The van der Waals surface area contributed by atoms with Crippen LogP contribution in [0, 0.1) is 0 Å². The lowest BCUT2D eigenvalue weighted by Gasteiger charge is -2.24. The van der Waals surface area contributed by atoms with Crippen LogP contribution in [0.3, 0.4) is 0 Å². The van der Waals surface area contributed by atoms with E-state index in [0.29, 0.717) is 23.9 Å². The number of hydrogen-bond donors (Lipinski definition) is 1. The maximum atomic E-state index is 12.8. The number of phosphoric ester groups is 1. The van der Waals surface area contributed by atoms with Crippen LogP contribution in [-0.4, -0.2) is 74.9 Å². The van der Waals surface area contributed by atoms with Crippen molar-refractivity contribution in [2.24, 2.45) is 0 Å². The summed E-state index contributed by atoms with van der Waals surface area (Å²) in [6, 6.07) is 0. The van der Waals surface area contributed by atoms with Crippen molar-refractivity contribution in [2.45, 2.75) is 315 Å². The number of allylic oxidation sites excluding steroid dienone is 2. The third-order valence-corrected chi connectivity index (χ3v) is 14.8. The van der Waals surface area contributed by atoms with Crippen molar-refractivity contribution in [3.63, 3.8) is 0 Å². The SMILES string of the molecule is CCCCCCC/C=C\CCCCCCCC(=O)OC(COC(=O)CCCCCCCCCCCCCCCCCCCCCCCCCCCCCCCCCC)COP(=O)(O)OCC[N+](C)(C)C. The summed E-state index contributed by atoms with van der Waals surface area (Å²) in [5, 5.41) is 0. The van der Waals surface area contributed by atoms with Crippen molar-refractivity contribution in [1.82, 2.24) is 0 Å². The number of phosphoric acid groups is 1. The number of quaternary nitrogens is 1. The molecule has 416 valence electrons. The molecule has 0 saturated heterocycles. The topological polar surface area (TPSA) is 108 Å². The minimum atomic E-state index is -4.38. The zero-order valence-electron chi connectivity index (χ0n) is 47.3. The average molecular weight is 1010 g/mol. The van der Waals surface area contributed by atoms with Gasteiger partial charge in [-0.2, -0.15) is 0 Å². The van der Waals surface area contributed by atoms with Crippen molar-refractivity contribution >= 4 is 19.8 Å². The Balaban J connectivity index is 3.94. The number of likely N-dealkylation sites (N-methyl/N-ethyl adjacent to an activating group) is 1. The molecule has 0 spiro atoms. The fourth-order valence-electron chi connectivity index (χ4n) is 9.07. The average Bonchev–Trinajstić information content (AvgIpc) is 3.32. The maximum Gasteiger partial charge on any atom is 0.472 e. The van der Waals surface area contributed by atoms with Gasteiger partial charge in [0.2, 0.25) is 0 Å². The first-order valence-electron chi connectivity index (χ1n) is 30.4. The van der Waals surface area contributed by atoms with Crippen LogP contribution in [0.2, 0.25) is 0 Å². The molecule has 0 heterocycles. The van der Waals surface area contributed by atoms with E-state index in [4.69, 9.17) is 18.5 Å². The fraction of sp³-hybridized carbons (Fsp3) is 0.933. The van der Waals surface area contributed by atoms with Gasteiger partial charge in [-0.1, -0.05) is 270 Å². The van der Waals surface area contributed by atoms with Crippen LogP contribution in [0.4, 0.5) is 0 Å². The molecule has 0 saturated carbocycles. The number of esters is 2. The molecule has 9 nitrogen and oxygen atoms in total. The molecule has 0 amide bonds. The summed E-state index contributed by atoms with van der Waals surface area (Å²) in [7, 11) is 1.49. The predicted molar refractivity (Wildman–Crippen MR) is 298 cm³/mol. The molecular weight excluding hydrogens is 894 g/mol. The summed E-state index contributed by atoms with van der Waals surface area (Å²) in [4.78, 5) is 35.6. The Morgan fingerprint density at radius 2 is 0.729 bits per heavy atom. The van der Waals surface area contributed by atoms with Gasteiger partial charge in [0.15, 0.2) is 6.10 Å². The van der Waals surface area contributed by atoms with E-state index >= 15 is 0 Å². The zero-order valence-corrected chi connectivity index (χ0v) is 48.2. The summed E-state index contributed by atoms with van der Waals surface area (Å²) < 4.78 is 34.5. The molecule has 0 radical (unpaired) electrons. The zero-order chi connectivity index (χ0) is 51.3. The first-order chi connectivity index (χ1) is 34.0. The number of hydrogen-bond acceptors (Lipinski definition) is 7. The number of ether oxygens (including phenoxy) is 2. The maximum absolute atomic E-state index is 12.8. The summed E-state index contributed by atoms with van der Waals surface area (Å²) in [6.07, 6.45) is 61.7. The Bertz CT molecular complexity index is 1190. The van der Waals surface area contributed by atoms with Crippen LogP contribution in [0.1, 0.15) is 309 Å². The largest absolute Gasteiger partial charge is 0.472 e. The van der Waals surface area contributed by atoms with Crippen molar-refractivity contribution in [3.8, 4) is 0 Å². The second-order valence-corrected chi connectivity index (χ2v) is 23.6. The van der Waals surface area contributed by atoms with Crippen LogP contribution in [-0.2, 0) is 32.7 Å². The molecule has 0 aliphatic heterocycles. The van der Waals surface area contributed by atoms with Crippen molar-refractivity contribution in [3.05, 3.63) is 12.2 Å². The molecule has 0 bridgehead atoms. The van der Waals surface area contributed by atoms with Gasteiger partial charge in [-0.15, -0.1) is 0 Å². The lowest BCUT2D eigenvalue weighted by molar-refractivity contribution is -0.870. The van der Waals surface area contributed by atoms with Gasteiger partial charge in [0, 0.05) is 12.8 Å². The molecule has 2 unspecified atom stereocenters. The normalized spacial score (nSPS) is 13.3. The quantitative estimate of drug-likeness (QED) is 0.0211. The summed E-state index contributed by atoms with van der Waals surface area (Å²) in [6.45, 7) is 4.46. The molecule has 1 N–H and O–H groups in total. The summed E-state index contributed by atoms with van der Waals surface area (Å²) in [5.74, 6) is -0.790. The molecule has 0 fully saturated rings. The van der Waals surface area contributed by atoms with E-state index in [2.05, 4.69) is 26.0 Å². The summed E-state index contributed by atoms with van der Waals surface area (Å²) >= 11 is 0. The van der Waals surface area contributed by atoms with Crippen molar-refractivity contribution in [1.29, 1.82) is 0 Å². The Morgan fingerprint density at radius 3 is 1.06 bits per heavy atom. The highest BCUT2D eigenvalue weighted by Gasteiger charge is 2.27. The van der Waals surface area contributed by atoms with E-state index in [9.17, 15) is 19.0 Å². The van der Waals surface area contributed by atoms with Crippen LogP contribution >= 0.6 is 7.82 Å². The first kappa shape index (κ1) is 68.8. The molecular formula is C60H119NO8P+. The van der Waals surface area contributed by atoms with Gasteiger partial charge < -0.3 is 18.9 Å². The number of unbranched alkanes of at least 4 members (excludes halogenated alkanes) is 41. The Hall–Kier alpha value is -1.25. The van der Waals surface area contributed by atoms with Crippen LogP contribution in [0.25, 0.3) is 0 Å². The Labute approximate surface area is 435 Å². The second kappa shape index (κ2) is 52.6. The lowest BCUT2D eigenvalue weighted by atomic mass is 10.0. The van der Waals surface area contributed by atoms with Crippen LogP contribution < -0.4 is 0 Å². The van der Waals surface area contributed by atoms with Gasteiger partial charge in [0.25, 0.3) is 0 Å². The Morgan fingerprint density at radius 1 is 0.429 bits per heavy atom. The van der Waals surface area contributed by atoms with E-state index < -0.39 is 26.5 Å². The molecule has 0 aliphatic rings. The van der Waals surface area contributed by atoms with E-state index in [0.717, 1.165) is 51.4 Å². The third kappa shape index (κ3) is 56.1. The van der Waals surface area contributed by atoms with Gasteiger partial charge >= 0.3 is 19.8 Å². The lowest BCUT2D eigenvalue weighted by Crippen LogP contribution is -2.37. The van der Waals surface area contributed by atoms with Gasteiger partial charge in [-0.25, -0.2) is 4.57 Å². The molecule has 0 aromatic rings. The standard InChI is InChI=1S/C60H118NO8P/c1-6-8-10-12-14-16-18-20-22-23-24-25-26-27-28-29-30-31-32-33-34-35-36-37-38-39-41-42-44-46-48-50-52-59(62)66-56-58(57-68-70(64,65)67-55-54-61(3,4)5)69-60(63)53-51-49-47-45-43-40-21-19-17-15-13-11-9-7-2/h19,21,58H,6-18,20,22-57H2,1-5H3/p+1/b21-19-. The molecule has 2 atom stereocenters.